The van der Waals surface area contributed by atoms with Crippen LogP contribution in [0, 0.1) is 0 Å². The van der Waals surface area contributed by atoms with E-state index in [1.54, 1.807) is 0 Å². The van der Waals surface area contributed by atoms with E-state index in [4.69, 9.17) is 14.4 Å². The van der Waals surface area contributed by atoms with E-state index in [2.05, 4.69) is 152 Å². The van der Waals surface area contributed by atoms with Gasteiger partial charge in [-0.1, -0.05) is 158 Å². The Bertz CT molecular complexity index is 2910. The average Bonchev–Trinajstić information content (AvgIpc) is 3.58. The Hall–Kier alpha value is -6.84. The molecule has 0 bridgehead atoms. The molecule has 51 heavy (non-hydrogen) atoms. The van der Waals surface area contributed by atoms with Gasteiger partial charge in [0.05, 0.1) is 11.4 Å². The third-order valence-electron chi connectivity index (χ3n) is 9.92. The lowest BCUT2D eigenvalue weighted by Gasteiger charge is -2.17. The molecule has 0 amide bonds. The first-order chi connectivity index (χ1) is 25.3. The fourth-order valence-corrected chi connectivity index (χ4v) is 7.50. The van der Waals surface area contributed by atoms with Crippen LogP contribution >= 0.6 is 0 Å². The summed E-state index contributed by atoms with van der Waals surface area (Å²) in [6.45, 7) is 0. The molecule has 238 valence electrons. The molecule has 0 saturated heterocycles. The minimum Gasteiger partial charge on any atom is -0.456 e. The van der Waals surface area contributed by atoms with E-state index in [9.17, 15) is 0 Å². The predicted molar refractivity (Wildman–Crippen MR) is 212 cm³/mol. The van der Waals surface area contributed by atoms with E-state index in [1.165, 1.54) is 5.39 Å². The van der Waals surface area contributed by atoms with Gasteiger partial charge in [0.1, 0.15) is 11.2 Å². The lowest BCUT2D eigenvalue weighted by atomic mass is 9.90. The SMILES string of the molecule is c1ccc(-c2nc(-c3c(-c4ccccc4)ccc4ccccc34)cc(-c3ccc(-c4ccc5c(c4)oc4ccccc45)c4ccccc34)n2)cc1. The van der Waals surface area contributed by atoms with Crippen molar-refractivity contribution in [1.82, 2.24) is 9.97 Å². The van der Waals surface area contributed by atoms with Gasteiger partial charge >= 0.3 is 0 Å². The largest absolute Gasteiger partial charge is 0.456 e. The molecule has 0 atom stereocenters. The lowest BCUT2D eigenvalue weighted by Crippen LogP contribution is -1.98. The van der Waals surface area contributed by atoms with Gasteiger partial charge in [0.25, 0.3) is 0 Å². The van der Waals surface area contributed by atoms with Gasteiger partial charge in [0, 0.05) is 27.5 Å². The molecule has 2 aromatic heterocycles. The first-order valence-corrected chi connectivity index (χ1v) is 17.2. The van der Waals surface area contributed by atoms with Crippen LogP contribution in [0.5, 0.6) is 0 Å². The lowest BCUT2D eigenvalue weighted by molar-refractivity contribution is 0.669. The number of para-hydroxylation sites is 1. The zero-order valence-corrected chi connectivity index (χ0v) is 27.6. The van der Waals surface area contributed by atoms with Crippen molar-refractivity contribution < 1.29 is 4.42 Å². The van der Waals surface area contributed by atoms with Crippen LogP contribution in [0.15, 0.2) is 186 Å². The van der Waals surface area contributed by atoms with Gasteiger partial charge in [-0.05, 0) is 68.1 Å². The summed E-state index contributed by atoms with van der Waals surface area (Å²) in [6, 6.07) is 63.8. The molecular weight excluding hydrogens is 621 g/mol. The van der Waals surface area contributed by atoms with E-state index in [-0.39, 0.29) is 0 Å². The Labute approximate surface area is 295 Å². The maximum absolute atomic E-state index is 6.29. The van der Waals surface area contributed by atoms with Gasteiger partial charge in [-0.25, -0.2) is 9.97 Å². The minimum absolute atomic E-state index is 0.693. The number of aromatic nitrogens is 2. The number of hydrogen-bond donors (Lipinski definition) is 0. The van der Waals surface area contributed by atoms with Crippen LogP contribution in [0.1, 0.15) is 0 Å². The highest BCUT2D eigenvalue weighted by atomic mass is 16.3. The van der Waals surface area contributed by atoms with Crippen LogP contribution in [0.3, 0.4) is 0 Å². The van der Waals surface area contributed by atoms with Crippen molar-refractivity contribution in [3.05, 3.63) is 182 Å². The molecule has 10 rings (SSSR count). The molecule has 3 nitrogen and oxygen atoms in total. The van der Waals surface area contributed by atoms with Crippen molar-refractivity contribution >= 4 is 43.5 Å². The third-order valence-corrected chi connectivity index (χ3v) is 9.92. The molecule has 0 saturated carbocycles. The van der Waals surface area contributed by atoms with Crippen molar-refractivity contribution in [1.29, 1.82) is 0 Å². The molecule has 0 unspecified atom stereocenters. The molecule has 0 aliphatic heterocycles. The van der Waals surface area contributed by atoms with Crippen LogP contribution in [0.2, 0.25) is 0 Å². The van der Waals surface area contributed by atoms with Gasteiger partial charge in [-0.2, -0.15) is 0 Å². The van der Waals surface area contributed by atoms with Crippen molar-refractivity contribution in [2.75, 3.05) is 0 Å². The summed E-state index contributed by atoms with van der Waals surface area (Å²) in [5.74, 6) is 0.693. The summed E-state index contributed by atoms with van der Waals surface area (Å²) in [4.78, 5) is 10.6. The molecule has 0 N–H and O–H groups in total. The number of fused-ring (bicyclic) bond motifs is 5. The van der Waals surface area contributed by atoms with E-state index < -0.39 is 0 Å². The maximum atomic E-state index is 6.29. The standard InChI is InChI=1S/C48H30N2O/c1-3-13-31(14-4-1)37-25-23-32-15-7-8-18-36(32)47(37)44-30-43(49-48(50-44)33-16-5-2-6-17-33)40-28-27-35(38-19-9-10-20-39(38)40)34-24-26-42-41-21-11-12-22-45(41)51-46(42)29-34/h1-30H. The maximum Gasteiger partial charge on any atom is 0.160 e. The van der Waals surface area contributed by atoms with Crippen molar-refractivity contribution in [2.45, 2.75) is 0 Å². The second kappa shape index (κ2) is 11.9. The van der Waals surface area contributed by atoms with E-state index in [1.807, 2.05) is 30.3 Å². The fraction of sp³-hybridized carbons (Fsp3) is 0. The van der Waals surface area contributed by atoms with E-state index in [0.717, 1.165) is 88.4 Å². The molecule has 0 spiro atoms. The predicted octanol–water partition coefficient (Wildman–Crippen LogP) is 13.0. The normalized spacial score (nSPS) is 11.5. The molecular formula is C48H30N2O. The average molecular weight is 651 g/mol. The smallest absolute Gasteiger partial charge is 0.160 e. The second-order valence-electron chi connectivity index (χ2n) is 12.9. The topological polar surface area (TPSA) is 38.9 Å². The molecule has 3 heteroatoms. The number of furan rings is 1. The molecule has 0 radical (unpaired) electrons. The summed E-state index contributed by atoms with van der Waals surface area (Å²) in [6.07, 6.45) is 0. The number of hydrogen-bond acceptors (Lipinski definition) is 3. The first kappa shape index (κ1) is 29.1. The highest BCUT2D eigenvalue weighted by Crippen LogP contribution is 2.42. The minimum atomic E-state index is 0.693. The summed E-state index contributed by atoms with van der Waals surface area (Å²) in [5, 5.41) is 6.87. The zero-order valence-electron chi connectivity index (χ0n) is 27.6. The van der Waals surface area contributed by atoms with Crippen LogP contribution in [0.4, 0.5) is 0 Å². The Kier molecular flexibility index (Phi) is 6.81. The highest BCUT2D eigenvalue weighted by Gasteiger charge is 2.19. The monoisotopic (exact) mass is 650 g/mol. The van der Waals surface area contributed by atoms with Gasteiger partial charge < -0.3 is 4.42 Å². The molecule has 8 aromatic carbocycles. The van der Waals surface area contributed by atoms with Crippen LogP contribution < -0.4 is 0 Å². The number of benzene rings is 8. The van der Waals surface area contributed by atoms with Crippen molar-refractivity contribution in [3.63, 3.8) is 0 Å². The number of rotatable bonds is 5. The molecule has 10 aromatic rings. The summed E-state index contributed by atoms with van der Waals surface area (Å²) < 4.78 is 6.29. The highest BCUT2D eigenvalue weighted by molar-refractivity contribution is 6.09. The molecule has 0 aliphatic rings. The zero-order chi connectivity index (χ0) is 33.7. The fourth-order valence-electron chi connectivity index (χ4n) is 7.50. The van der Waals surface area contributed by atoms with E-state index >= 15 is 0 Å². The first-order valence-electron chi connectivity index (χ1n) is 17.2. The Morgan fingerprint density at radius 2 is 0.922 bits per heavy atom. The second-order valence-corrected chi connectivity index (χ2v) is 12.9. The Morgan fingerprint density at radius 1 is 0.333 bits per heavy atom. The number of nitrogens with zero attached hydrogens (tertiary/aromatic N) is 2. The molecule has 0 fully saturated rings. The molecule has 2 heterocycles. The van der Waals surface area contributed by atoms with E-state index in [0.29, 0.717) is 5.82 Å². The Balaban J connectivity index is 1.21. The van der Waals surface area contributed by atoms with Crippen LogP contribution in [-0.2, 0) is 0 Å². The summed E-state index contributed by atoms with van der Waals surface area (Å²) in [7, 11) is 0. The molecule has 0 aliphatic carbocycles. The summed E-state index contributed by atoms with van der Waals surface area (Å²) in [5.41, 5.74) is 11.2. The van der Waals surface area contributed by atoms with Crippen LogP contribution in [0.25, 0.3) is 99.6 Å². The van der Waals surface area contributed by atoms with Gasteiger partial charge in [-0.15, -0.1) is 0 Å². The van der Waals surface area contributed by atoms with Gasteiger partial charge in [0.2, 0.25) is 0 Å². The summed E-state index contributed by atoms with van der Waals surface area (Å²) >= 11 is 0. The van der Waals surface area contributed by atoms with Crippen molar-refractivity contribution in [2.24, 2.45) is 0 Å². The third kappa shape index (κ3) is 4.98. The Morgan fingerprint density at radius 3 is 1.73 bits per heavy atom. The van der Waals surface area contributed by atoms with Gasteiger partial charge in [0.15, 0.2) is 5.82 Å². The van der Waals surface area contributed by atoms with Crippen molar-refractivity contribution in [3.8, 4) is 56.2 Å². The van der Waals surface area contributed by atoms with Crippen LogP contribution in [-0.4, -0.2) is 9.97 Å². The van der Waals surface area contributed by atoms with Gasteiger partial charge in [-0.3, -0.25) is 0 Å². The quantitative estimate of drug-likeness (QED) is 0.186.